The first-order valence-electron chi connectivity index (χ1n) is 9.39. The summed E-state index contributed by atoms with van der Waals surface area (Å²) in [7, 11) is 1.59. The number of hydrogen-bond donors (Lipinski definition) is 1. The minimum Gasteiger partial charge on any atom is -0.497 e. The summed E-state index contributed by atoms with van der Waals surface area (Å²) in [6.07, 6.45) is 4.15. The standard InChI is InChI=1S/C20H25FN4O2/c1-14(26)25-8-5-18-19(23-13-22-18)20(25)6-9-24(10-7-20)12-15-11-16(27-2)3-4-17(15)21/h3-4,11,13H,5-10,12H2,1-2H3,(H,22,23). The van der Waals surface area contributed by atoms with Gasteiger partial charge in [0, 0.05) is 50.8 Å². The molecule has 2 aliphatic rings. The lowest BCUT2D eigenvalue weighted by atomic mass is 9.78. The largest absolute Gasteiger partial charge is 0.497 e. The van der Waals surface area contributed by atoms with Crippen molar-refractivity contribution in [2.75, 3.05) is 26.7 Å². The van der Waals surface area contributed by atoms with E-state index >= 15 is 0 Å². The number of likely N-dealkylation sites (tertiary alicyclic amines) is 1. The fraction of sp³-hybridized carbons (Fsp3) is 0.500. The lowest BCUT2D eigenvalue weighted by molar-refractivity contribution is -0.139. The number of halogens is 1. The summed E-state index contributed by atoms with van der Waals surface area (Å²) in [5.74, 6) is 0.542. The first kappa shape index (κ1) is 18.0. The van der Waals surface area contributed by atoms with Crippen molar-refractivity contribution in [2.45, 2.75) is 38.3 Å². The van der Waals surface area contributed by atoms with Crippen molar-refractivity contribution in [3.05, 3.63) is 47.3 Å². The van der Waals surface area contributed by atoms with Gasteiger partial charge in [0.2, 0.25) is 5.91 Å². The molecule has 4 rings (SSSR count). The maximum atomic E-state index is 14.2. The molecule has 1 amide bonds. The van der Waals surface area contributed by atoms with Gasteiger partial charge >= 0.3 is 0 Å². The second-order valence-corrected chi connectivity index (χ2v) is 7.42. The summed E-state index contributed by atoms with van der Waals surface area (Å²) in [6, 6.07) is 4.85. The van der Waals surface area contributed by atoms with E-state index in [1.54, 1.807) is 32.5 Å². The summed E-state index contributed by atoms with van der Waals surface area (Å²) in [6.45, 7) is 4.46. The third-order valence-electron chi connectivity index (χ3n) is 5.97. The van der Waals surface area contributed by atoms with Crippen molar-refractivity contribution in [1.29, 1.82) is 0 Å². The Hall–Kier alpha value is -2.41. The number of ether oxygens (including phenoxy) is 1. The molecule has 0 aliphatic carbocycles. The number of carbonyl (C=O) groups excluding carboxylic acids is 1. The minimum absolute atomic E-state index is 0.0935. The zero-order valence-electron chi connectivity index (χ0n) is 15.8. The Morgan fingerprint density at radius 1 is 1.33 bits per heavy atom. The molecule has 2 aliphatic heterocycles. The first-order chi connectivity index (χ1) is 13.0. The van der Waals surface area contributed by atoms with E-state index in [9.17, 15) is 9.18 Å². The average Bonchev–Trinajstić information content (AvgIpc) is 3.15. The molecule has 1 aromatic heterocycles. The third kappa shape index (κ3) is 3.10. The van der Waals surface area contributed by atoms with Crippen molar-refractivity contribution < 1.29 is 13.9 Å². The van der Waals surface area contributed by atoms with Crippen LogP contribution in [0.2, 0.25) is 0 Å². The van der Waals surface area contributed by atoms with Gasteiger partial charge in [-0.25, -0.2) is 9.37 Å². The summed E-state index contributed by atoms with van der Waals surface area (Å²) in [5, 5.41) is 0. The highest BCUT2D eigenvalue weighted by atomic mass is 19.1. The van der Waals surface area contributed by atoms with E-state index in [0.29, 0.717) is 17.9 Å². The number of aromatic amines is 1. The lowest BCUT2D eigenvalue weighted by Crippen LogP contribution is -2.57. The second-order valence-electron chi connectivity index (χ2n) is 7.42. The third-order valence-corrected chi connectivity index (χ3v) is 5.97. The van der Waals surface area contributed by atoms with Gasteiger partial charge in [0.25, 0.3) is 0 Å². The Balaban J connectivity index is 1.54. The Morgan fingerprint density at radius 2 is 2.11 bits per heavy atom. The van der Waals surface area contributed by atoms with Crippen molar-refractivity contribution in [2.24, 2.45) is 0 Å². The number of carbonyl (C=O) groups is 1. The zero-order valence-corrected chi connectivity index (χ0v) is 15.8. The lowest BCUT2D eigenvalue weighted by Gasteiger charge is -2.50. The number of nitrogens with one attached hydrogen (secondary N) is 1. The highest BCUT2D eigenvalue weighted by Crippen LogP contribution is 2.42. The van der Waals surface area contributed by atoms with Gasteiger partial charge in [0.1, 0.15) is 11.6 Å². The monoisotopic (exact) mass is 372 g/mol. The molecule has 0 radical (unpaired) electrons. The normalized spacial score (nSPS) is 19.1. The predicted molar refractivity (Wildman–Crippen MR) is 98.8 cm³/mol. The van der Waals surface area contributed by atoms with Crippen LogP contribution in [0.3, 0.4) is 0 Å². The number of hydrogen-bond acceptors (Lipinski definition) is 4. The Morgan fingerprint density at radius 3 is 2.81 bits per heavy atom. The van der Waals surface area contributed by atoms with Gasteiger partial charge in [-0.15, -0.1) is 0 Å². The molecule has 0 bridgehead atoms. The molecular weight excluding hydrogens is 347 g/mol. The quantitative estimate of drug-likeness (QED) is 0.899. The van der Waals surface area contributed by atoms with E-state index < -0.39 is 0 Å². The van der Waals surface area contributed by atoms with Crippen molar-refractivity contribution in [3.63, 3.8) is 0 Å². The van der Waals surface area contributed by atoms with Crippen molar-refractivity contribution in [1.82, 2.24) is 19.8 Å². The molecule has 1 aromatic carbocycles. The van der Waals surface area contributed by atoms with Crippen molar-refractivity contribution >= 4 is 5.91 Å². The number of piperidine rings is 1. The van der Waals surface area contributed by atoms with Crippen molar-refractivity contribution in [3.8, 4) is 5.75 Å². The summed E-state index contributed by atoms with van der Waals surface area (Å²) < 4.78 is 19.4. The summed E-state index contributed by atoms with van der Waals surface area (Å²) in [5.41, 5.74) is 2.44. The van der Waals surface area contributed by atoms with E-state index in [4.69, 9.17) is 4.74 Å². The first-order valence-corrected chi connectivity index (χ1v) is 9.39. The van der Waals surface area contributed by atoms with Gasteiger partial charge in [0.15, 0.2) is 0 Å². The number of benzene rings is 1. The van der Waals surface area contributed by atoms with Crippen LogP contribution in [0.25, 0.3) is 0 Å². The van der Waals surface area contributed by atoms with Crippen LogP contribution in [0.1, 0.15) is 36.7 Å². The Labute approximate surface area is 158 Å². The highest BCUT2D eigenvalue weighted by molar-refractivity contribution is 5.75. The van der Waals surface area contributed by atoms with Crippen LogP contribution < -0.4 is 4.74 Å². The van der Waals surface area contributed by atoms with Gasteiger partial charge in [-0.2, -0.15) is 0 Å². The van der Waals surface area contributed by atoms with E-state index in [1.807, 2.05) is 4.90 Å². The average molecular weight is 372 g/mol. The summed E-state index contributed by atoms with van der Waals surface area (Å²) in [4.78, 5) is 24.3. The predicted octanol–water partition coefficient (Wildman–Crippen LogP) is 2.45. The maximum absolute atomic E-state index is 14.2. The number of fused-ring (bicyclic) bond motifs is 2. The molecule has 0 atom stereocenters. The number of nitrogens with zero attached hydrogens (tertiary/aromatic N) is 3. The van der Waals surface area contributed by atoms with E-state index in [1.165, 1.54) is 6.07 Å². The van der Waals surface area contributed by atoms with Crippen LogP contribution in [0.5, 0.6) is 5.75 Å². The molecule has 1 saturated heterocycles. The number of rotatable bonds is 3. The highest BCUT2D eigenvalue weighted by Gasteiger charge is 2.47. The molecule has 3 heterocycles. The van der Waals surface area contributed by atoms with Crippen LogP contribution in [0.15, 0.2) is 24.5 Å². The second kappa shape index (κ2) is 6.96. The minimum atomic E-state index is -0.344. The van der Waals surface area contributed by atoms with E-state index in [0.717, 1.165) is 50.3 Å². The number of methoxy groups -OCH3 is 1. The smallest absolute Gasteiger partial charge is 0.220 e. The fourth-order valence-electron chi connectivity index (χ4n) is 4.56. The van der Waals surface area contributed by atoms with Crippen LogP contribution >= 0.6 is 0 Å². The number of imidazole rings is 1. The van der Waals surface area contributed by atoms with E-state index in [-0.39, 0.29) is 17.3 Å². The van der Waals surface area contributed by atoms with Gasteiger partial charge in [-0.1, -0.05) is 0 Å². The summed E-state index contributed by atoms with van der Waals surface area (Å²) >= 11 is 0. The molecule has 1 N–H and O–H groups in total. The van der Waals surface area contributed by atoms with Gasteiger partial charge < -0.3 is 14.6 Å². The number of amides is 1. The van der Waals surface area contributed by atoms with Crippen LogP contribution in [-0.4, -0.2) is 52.4 Å². The molecule has 7 heteroatoms. The van der Waals surface area contributed by atoms with E-state index in [2.05, 4.69) is 14.9 Å². The topological polar surface area (TPSA) is 61.5 Å². The molecule has 1 spiro atoms. The van der Waals surface area contributed by atoms with Crippen LogP contribution in [-0.2, 0) is 23.3 Å². The van der Waals surface area contributed by atoms with Gasteiger partial charge in [0.05, 0.1) is 24.7 Å². The molecular formula is C20H25FN4O2. The van der Waals surface area contributed by atoms with Crippen LogP contribution in [0, 0.1) is 5.82 Å². The van der Waals surface area contributed by atoms with Gasteiger partial charge in [-0.3, -0.25) is 9.69 Å². The number of aromatic nitrogens is 2. The molecule has 0 saturated carbocycles. The maximum Gasteiger partial charge on any atom is 0.220 e. The molecule has 0 unspecified atom stereocenters. The molecule has 6 nitrogen and oxygen atoms in total. The molecule has 144 valence electrons. The Bertz CT molecular complexity index is 842. The fourth-order valence-corrected chi connectivity index (χ4v) is 4.56. The zero-order chi connectivity index (χ0) is 19.0. The number of H-pyrrole nitrogens is 1. The molecule has 27 heavy (non-hydrogen) atoms. The van der Waals surface area contributed by atoms with Crippen LogP contribution in [0.4, 0.5) is 4.39 Å². The molecule has 1 fully saturated rings. The SMILES string of the molecule is COc1ccc(F)c(CN2CCC3(CC2)c2nc[nH]c2CCN3C(C)=O)c1. The molecule has 2 aromatic rings. The Kier molecular flexibility index (Phi) is 4.63. The van der Waals surface area contributed by atoms with Gasteiger partial charge in [-0.05, 0) is 31.0 Å².